The zero-order valence-corrected chi connectivity index (χ0v) is 20.4. The predicted molar refractivity (Wildman–Crippen MR) is 136 cm³/mol. The maximum absolute atomic E-state index is 12.7. The Balaban J connectivity index is 1.21. The van der Waals surface area contributed by atoms with Gasteiger partial charge in [0.1, 0.15) is 5.82 Å². The lowest BCUT2D eigenvalue weighted by atomic mass is 9.86. The van der Waals surface area contributed by atoms with Crippen LogP contribution in [0.3, 0.4) is 0 Å². The number of amides is 2. The number of aromatic nitrogens is 1. The summed E-state index contributed by atoms with van der Waals surface area (Å²) in [6, 6.07) is 14.2. The van der Waals surface area contributed by atoms with Crippen molar-refractivity contribution < 1.29 is 9.59 Å². The van der Waals surface area contributed by atoms with Crippen molar-refractivity contribution in [1.82, 2.24) is 15.2 Å². The molecule has 6 heteroatoms. The zero-order chi connectivity index (χ0) is 23.8. The van der Waals surface area contributed by atoms with Gasteiger partial charge in [-0.3, -0.25) is 9.59 Å². The number of carbonyl (C=O) groups is 2. The molecule has 1 N–H and O–H groups in total. The Labute approximate surface area is 203 Å². The fraction of sp³-hybridized carbons (Fsp3) is 0.536. The normalized spacial score (nSPS) is 17.9. The highest BCUT2D eigenvalue weighted by molar-refractivity contribution is 5.94. The van der Waals surface area contributed by atoms with Gasteiger partial charge in [-0.1, -0.05) is 49.6 Å². The minimum Gasteiger partial charge on any atom is -0.353 e. The van der Waals surface area contributed by atoms with Gasteiger partial charge in [0.25, 0.3) is 5.91 Å². The van der Waals surface area contributed by atoms with Gasteiger partial charge in [0.15, 0.2) is 0 Å². The largest absolute Gasteiger partial charge is 0.353 e. The van der Waals surface area contributed by atoms with E-state index in [0.717, 1.165) is 44.8 Å². The highest BCUT2D eigenvalue weighted by atomic mass is 16.2. The molecule has 1 saturated heterocycles. The Bertz CT molecular complexity index is 917. The number of piperazine rings is 1. The smallest absolute Gasteiger partial charge is 0.253 e. The molecule has 2 fully saturated rings. The number of carbonyl (C=O) groups excluding carboxylic acids is 2. The van der Waals surface area contributed by atoms with Crippen LogP contribution in [0.1, 0.15) is 67.8 Å². The van der Waals surface area contributed by atoms with Gasteiger partial charge in [0.2, 0.25) is 5.91 Å². The summed E-state index contributed by atoms with van der Waals surface area (Å²) in [5, 5.41) is 3.08. The number of rotatable bonds is 8. The molecule has 2 aromatic rings. The zero-order valence-electron chi connectivity index (χ0n) is 20.4. The van der Waals surface area contributed by atoms with Crippen molar-refractivity contribution >= 4 is 17.6 Å². The fourth-order valence-electron chi connectivity index (χ4n) is 5.07. The van der Waals surface area contributed by atoms with Crippen molar-refractivity contribution in [2.45, 2.75) is 64.3 Å². The van der Waals surface area contributed by atoms with Gasteiger partial charge in [0.05, 0.1) is 5.56 Å². The van der Waals surface area contributed by atoms with Crippen molar-refractivity contribution in [3.63, 3.8) is 0 Å². The average Bonchev–Trinajstić information content (AvgIpc) is 2.89. The molecule has 6 nitrogen and oxygen atoms in total. The van der Waals surface area contributed by atoms with Gasteiger partial charge in [-0.2, -0.15) is 0 Å². The number of benzene rings is 1. The van der Waals surface area contributed by atoms with E-state index in [1.807, 2.05) is 42.2 Å². The molecule has 2 heterocycles. The molecule has 1 saturated carbocycles. The van der Waals surface area contributed by atoms with E-state index < -0.39 is 0 Å². The van der Waals surface area contributed by atoms with Crippen LogP contribution in [0.4, 0.5) is 5.82 Å². The summed E-state index contributed by atoms with van der Waals surface area (Å²) in [5.74, 6) is 1.68. The van der Waals surface area contributed by atoms with E-state index in [1.165, 1.54) is 37.7 Å². The van der Waals surface area contributed by atoms with Crippen LogP contribution in [0.2, 0.25) is 0 Å². The predicted octanol–water partition coefficient (Wildman–Crippen LogP) is 4.45. The van der Waals surface area contributed by atoms with Gasteiger partial charge in [-0.25, -0.2) is 4.98 Å². The molecule has 182 valence electrons. The van der Waals surface area contributed by atoms with Crippen LogP contribution in [0.15, 0.2) is 48.7 Å². The molecule has 34 heavy (non-hydrogen) atoms. The summed E-state index contributed by atoms with van der Waals surface area (Å²) in [7, 11) is 0. The van der Waals surface area contributed by atoms with Crippen LogP contribution in [0, 0.1) is 5.92 Å². The van der Waals surface area contributed by atoms with Gasteiger partial charge < -0.3 is 15.1 Å². The number of hydrogen-bond donors (Lipinski definition) is 1. The third-order valence-electron chi connectivity index (χ3n) is 7.24. The van der Waals surface area contributed by atoms with E-state index in [4.69, 9.17) is 0 Å². The van der Waals surface area contributed by atoms with E-state index in [1.54, 1.807) is 6.20 Å². The Morgan fingerprint density at radius 2 is 1.74 bits per heavy atom. The Morgan fingerprint density at radius 1 is 1.00 bits per heavy atom. The summed E-state index contributed by atoms with van der Waals surface area (Å²) in [6.07, 6.45) is 10.5. The second-order valence-corrected chi connectivity index (χ2v) is 9.88. The number of aryl methyl sites for hydroxylation is 1. The first-order valence-electron chi connectivity index (χ1n) is 12.9. The van der Waals surface area contributed by atoms with Gasteiger partial charge in [-0.15, -0.1) is 0 Å². The molecule has 1 aromatic carbocycles. The van der Waals surface area contributed by atoms with E-state index in [9.17, 15) is 9.59 Å². The summed E-state index contributed by atoms with van der Waals surface area (Å²) >= 11 is 0. The van der Waals surface area contributed by atoms with E-state index in [-0.39, 0.29) is 11.9 Å². The highest BCUT2D eigenvalue weighted by Crippen LogP contribution is 2.27. The minimum atomic E-state index is -0.0854. The lowest BCUT2D eigenvalue weighted by Crippen LogP contribution is -2.49. The summed E-state index contributed by atoms with van der Waals surface area (Å²) in [4.78, 5) is 34.1. The van der Waals surface area contributed by atoms with Crippen LogP contribution >= 0.6 is 0 Å². The standard InChI is InChI=1S/C28H38N4O2/c1-22(12-13-23-8-4-2-5-9-23)30-28(34)25-14-15-26(29-21-25)31-16-18-32(19-17-31)27(33)20-24-10-6-3-7-11-24/h2,4-5,8-9,14-15,21-22,24H,3,6-7,10-13,16-20H2,1H3,(H,30,34). The van der Waals surface area contributed by atoms with Crippen molar-refractivity contribution in [3.05, 3.63) is 59.8 Å². The minimum absolute atomic E-state index is 0.0854. The topological polar surface area (TPSA) is 65.5 Å². The van der Waals surface area contributed by atoms with Crippen LogP contribution < -0.4 is 10.2 Å². The molecule has 1 unspecified atom stereocenters. The Hall–Kier alpha value is -2.89. The summed E-state index contributed by atoms with van der Waals surface area (Å²) in [6.45, 7) is 5.09. The molecule has 4 rings (SSSR count). The number of nitrogens with zero attached hydrogens (tertiary/aromatic N) is 3. The van der Waals surface area contributed by atoms with Crippen LogP contribution in [0.5, 0.6) is 0 Å². The molecule has 0 bridgehead atoms. The molecule has 2 aliphatic rings. The first kappa shape index (κ1) is 24.2. The van der Waals surface area contributed by atoms with Crippen molar-refractivity contribution in [2.24, 2.45) is 5.92 Å². The Kier molecular flexibility index (Phi) is 8.56. The van der Waals surface area contributed by atoms with Crippen molar-refractivity contribution in [1.29, 1.82) is 0 Å². The van der Waals surface area contributed by atoms with Crippen LogP contribution in [0.25, 0.3) is 0 Å². The molecule has 1 aromatic heterocycles. The van der Waals surface area contributed by atoms with Crippen LogP contribution in [-0.4, -0.2) is 53.9 Å². The first-order valence-corrected chi connectivity index (χ1v) is 12.9. The molecular weight excluding hydrogens is 424 g/mol. The molecule has 1 aliphatic heterocycles. The number of pyridine rings is 1. The van der Waals surface area contributed by atoms with Gasteiger partial charge in [-0.05, 0) is 56.2 Å². The average molecular weight is 463 g/mol. The number of anilines is 1. The number of nitrogens with one attached hydrogen (secondary N) is 1. The van der Waals surface area contributed by atoms with Crippen molar-refractivity contribution in [2.75, 3.05) is 31.1 Å². The number of hydrogen-bond acceptors (Lipinski definition) is 4. The van der Waals surface area contributed by atoms with Gasteiger partial charge >= 0.3 is 0 Å². The Morgan fingerprint density at radius 3 is 2.41 bits per heavy atom. The SMILES string of the molecule is CC(CCc1ccccc1)NC(=O)c1ccc(N2CCN(C(=O)CC3CCCCC3)CC2)nc1. The fourth-order valence-corrected chi connectivity index (χ4v) is 5.07. The lowest BCUT2D eigenvalue weighted by Gasteiger charge is -2.36. The monoisotopic (exact) mass is 462 g/mol. The molecule has 0 spiro atoms. The van der Waals surface area contributed by atoms with E-state index in [0.29, 0.717) is 23.8 Å². The second-order valence-electron chi connectivity index (χ2n) is 9.88. The summed E-state index contributed by atoms with van der Waals surface area (Å²) < 4.78 is 0. The molecule has 1 aliphatic carbocycles. The van der Waals surface area contributed by atoms with Gasteiger partial charge in [0, 0.05) is 44.8 Å². The molecule has 1 atom stereocenters. The molecule has 2 amide bonds. The second kappa shape index (κ2) is 12.0. The van der Waals surface area contributed by atoms with Crippen molar-refractivity contribution in [3.8, 4) is 0 Å². The maximum atomic E-state index is 12.7. The maximum Gasteiger partial charge on any atom is 0.253 e. The van der Waals surface area contributed by atoms with E-state index >= 15 is 0 Å². The lowest BCUT2D eigenvalue weighted by molar-refractivity contribution is -0.132. The van der Waals surface area contributed by atoms with Crippen LogP contribution in [-0.2, 0) is 11.2 Å². The highest BCUT2D eigenvalue weighted by Gasteiger charge is 2.25. The molecule has 0 radical (unpaired) electrons. The summed E-state index contributed by atoms with van der Waals surface area (Å²) in [5.41, 5.74) is 1.86. The third-order valence-corrected chi connectivity index (χ3v) is 7.24. The molecular formula is C28H38N4O2. The third kappa shape index (κ3) is 6.81. The van der Waals surface area contributed by atoms with E-state index in [2.05, 4.69) is 27.3 Å². The quantitative estimate of drug-likeness (QED) is 0.629. The first-order chi connectivity index (χ1) is 16.6.